The lowest BCUT2D eigenvalue weighted by atomic mass is 10.2. The van der Waals surface area contributed by atoms with Gasteiger partial charge in [-0.25, -0.2) is 0 Å². The first-order chi connectivity index (χ1) is 7.72. The van der Waals surface area contributed by atoms with Gasteiger partial charge in [-0.15, -0.1) is 12.3 Å². The van der Waals surface area contributed by atoms with Gasteiger partial charge >= 0.3 is 0 Å². The average molecular weight is 217 g/mol. The summed E-state index contributed by atoms with van der Waals surface area (Å²) in [5, 5.41) is 3.29. The molecule has 1 rings (SSSR count). The maximum absolute atomic E-state index is 5.62. The number of rotatable bonds is 6. The second-order valence-electron chi connectivity index (χ2n) is 3.94. The van der Waals surface area contributed by atoms with Crippen LogP contribution < -0.4 is 10.1 Å². The van der Waals surface area contributed by atoms with Gasteiger partial charge in [0.1, 0.15) is 5.75 Å². The Morgan fingerprint density at radius 1 is 1.44 bits per heavy atom. The van der Waals surface area contributed by atoms with Crippen molar-refractivity contribution >= 4 is 0 Å². The highest BCUT2D eigenvalue weighted by atomic mass is 16.5. The number of hydrogen-bond donors (Lipinski definition) is 1. The maximum atomic E-state index is 5.62. The number of ether oxygens (including phenoxy) is 1. The van der Waals surface area contributed by atoms with Gasteiger partial charge in [-0.2, -0.15) is 0 Å². The first kappa shape index (κ1) is 12.6. The van der Waals surface area contributed by atoms with Gasteiger partial charge in [0.2, 0.25) is 0 Å². The lowest BCUT2D eigenvalue weighted by Crippen LogP contribution is -2.14. The monoisotopic (exact) mass is 217 g/mol. The molecule has 2 heteroatoms. The van der Waals surface area contributed by atoms with Crippen molar-refractivity contribution in [2.75, 3.05) is 6.54 Å². The van der Waals surface area contributed by atoms with E-state index in [0.717, 1.165) is 25.3 Å². The molecule has 0 amide bonds. The standard InChI is InChI=1S/C14H19NO/c1-4-5-9-15-11-13-7-6-8-14(10-13)16-12(2)3/h1,6-8,10,12,15H,5,9,11H2,2-3H3. The zero-order valence-electron chi connectivity index (χ0n) is 9.99. The van der Waals surface area contributed by atoms with E-state index in [0.29, 0.717) is 0 Å². The number of terminal acetylenes is 1. The Balaban J connectivity index is 2.44. The number of nitrogens with one attached hydrogen (secondary N) is 1. The quantitative estimate of drug-likeness (QED) is 0.584. The zero-order chi connectivity index (χ0) is 11.8. The molecule has 0 fully saturated rings. The summed E-state index contributed by atoms with van der Waals surface area (Å²) >= 11 is 0. The minimum absolute atomic E-state index is 0.213. The first-order valence-corrected chi connectivity index (χ1v) is 5.62. The molecule has 0 heterocycles. The van der Waals surface area contributed by atoms with Gasteiger partial charge in [0.05, 0.1) is 6.10 Å². The summed E-state index contributed by atoms with van der Waals surface area (Å²) in [5.74, 6) is 3.53. The van der Waals surface area contributed by atoms with Crippen molar-refractivity contribution in [3.05, 3.63) is 29.8 Å². The summed E-state index contributed by atoms with van der Waals surface area (Å²) in [5.41, 5.74) is 1.22. The Kier molecular flexibility index (Phi) is 5.45. The van der Waals surface area contributed by atoms with E-state index in [1.807, 2.05) is 26.0 Å². The van der Waals surface area contributed by atoms with E-state index >= 15 is 0 Å². The molecule has 0 aliphatic carbocycles. The van der Waals surface area contributed by atoms with Gasteiger partial charge in [0.15, 0.2) is 0 Å². The van der Waals surface area contributed by atoms with Crippen molar-refractivity contribution in [1.82, 2.24) is 5.32 Å². The van der Waals surface area contributed by atoms with Crippen molar-refractivity contribution in [1.29, 1.82) is 0 Å². The van der Waals surface area contributed by atoms with Crippen LogP contribution in [0.5, 0.6) is 5.75 Å². The van der Waals surface area contributed by atoms with Crippen molar-refractivity contribution in [3.8, 4) is 18.1 Å². The average Bonchev–Trinajstić information content (AvgIpc) is 2.24. The van der Waals surface area contributed by atoms with Crippen molar-refractivity contribution in [2.45, 2.75) is 32.9 Å². The largest absolute Gasteiger partial charge is 0.491 e. The first-order valence-electron chi connectivity index (χ1n) is 5.62. The SMILES string of the molecule is C#CCCNCc1cccc(OC(C)C)c1. The second-order valence-corrected chi connectivity index (χ2v) is 3.94. The highest BCUT2D eigenvalue weighted by Crippen LogP contribution is 2.14. The van der Waals surface area contributed by atoms with Crippen LogP contribution in [0.25, 0.3) is 0 Å². The summed E-state index contributed by atoms with van der Waals surface area (Å²) in [6.07, 6.45) is 6.16. The molecular formula is C14H19NO. The summed E-state index contributed by atoms with van der Waals surface area (Å²) < 4.78 is 5.62. The van der Waals surface area contributed by atoms with Gasteiger partial charge < -0.3 is 10.1 Å². The molecule has 0 atom stereocenters. The molecule has 0 aromatic heterocycles. The molecule has 2 nitrogen and oxygen atoms in total. The molecule has 1 aromatic carbocycles. The fourth-order valence-corrected chi connectivity index (χ4v) is 1.39. The molecule has 16 heavy (non-hydrogen) atoms. The predicted octanol–water partition coefficient (Wildman–Crippen LogP) is 2.59. The maximum Gasteiger partial charge on any atom is 0.120 e. The lowest BCUT2D eigenvalue weighted by Gasteiger charge is -2.11. The fourth-order valence-electron chi connectivity index (χ4n) is 1.39. The van der Waals surface area contributed by atoms with Gasteiger partial charge in [0, 0.05) is 19.5 Å². The minimum atomic E-state index is 0.213. The van der Waals surface area contributed by atoms with E-state index in [-0.39, 0.29) is 6.10 Å². The summed E-state index contributed by atoms with van der Waals surface area (Å²) in [6, 6.07) is 8.12. The number of hydrogen-bond acceptors (Lipinski definition) is 2. The molecule has 0 bridgehead atoms. The molecule has 0 unspecified atom stereocenters. The van der Waals surface area contributed by atoms with Crippen LogP contribution in [0.1, 0.15) is 25.8 Å². The molecule has 0 saturated heterocycles. The Morgan fingerprint density at radius 3 is 2.94 bits per heavy atom. The minimum Gasteiger partial charge on any atom is -0.491 e. The van der Waals surface area contributed by atoms with Crippen molar-refractivity contribution in [2.24, 2.45) is 0 Å². The summed E-state index contributed by atoms with van der Waals surface area (Å²) in [4.78, 5) is 0. The van der Waals surface area contributed by atoms with Crippen LogP contribution in [0, 0.1) is 12.3 Å². The van der Waals surface area contributed by atoms with Crippen LogP contribution in [-0.4, -0.2) is 12.6 Å². The fraction of sp³-hybridized carbons (Fsp3) is 0.429. The Labute approximate surface area is 98.0 Å². The molecule has 1 N–H and O–H groups in total. The van der Waals surface area contributed by atoms with Crippen LogP contribution in [0.4, 0.5) is 0 Å². The second kappa shape index (κ2) is 6.92. The van der Waals surface area contributed by atoms with Gasteiger partial charge in [-0.05, 0) is 31.5 Å². The van der Waals surface area contributed by atoms with Crippen LogP contribution in [-0.2, 0) is 6.54 Å². The normalized spacial score (nSPS) is 10.1. The molecular weight excluding hydrogens is 198 g/mol. The van der Waals surface area contributed by atoms with Crippen LogP contribution in [0.15, 0.2) is 24.3 Å². The molecule has 0 radical (unpaired) electrons. The third-order valence-electron chi connectivity index (χ3n) is 2.05. The Morgan fingerprint density at radius 2 is 2.25 bits per heavy atom. The smallest absolute Gasteiger partial charge is 0.120 e. The molecule has 0 spiro atoms. The third-order valence-corrected chi connectivity index (χ3v) is 2.05. The summed E-state index contributed by atoms with van der Waals surface area (Å²) in [7, 11) is 0. The van der Waals surface area contributed by atoms with Crippen LogP contribution in [0.2, 0.25) is 0 Å². The predicted molar refractivity (Wildman–Crippen MR) is 67.4 cm³/mol. The Bertz CT molecular complexity index is 352. The molecule has 0 aliphatic heterocycles. The van der Waals surface area contributed by atoms with E-state index in [1.165, 1.54) is 5.56 Å². The zero-order valence-corrected chi connectivity index (χ0v) is 9.99. The number of benzene rings is 1. The summed E-state index contributed by atoms with van der Waals surface area (Å²) in [6.45, 7) is 5.73. The molecule has 1 aromatic rings. The van der Waals surface area contributed by atoms with E-state index in [4.69, 9.17) is 11.2 Å². The van der Waals surface area contributed by atoms with Crippen molar-refractivity contribution < 1.29 is 4.74 Å². The van der Waals surface area contributed by atoms with E-state index in [9.17, 15) is 0 Å². The van der Waals surface area contributed by atoms with E-state index in [2.05, 4.69) is 23.4 Å². The highest BCUT2D eigenvalue weighted by molar-refractivity contribution is 5.28. The van der Waals surface area contributed by atoms with Gasteiger partial charge in [-0.1, -0.05) is 12.1 Å². The van der Waals surface area contributed by atoms with Crippen LogP contribution >= 0.6 is 0 Å². The molecule has 0 aliphatic rings. The van der Waals surface area contributed by atoms with Crippen molar-refractivity contribution in [3.63, 3.8) is 0 Å². The molecule has 86 valence electrons. The van der Waals surface area contributed by atoms with Gasteiger partial charge in [0.25, 0.3) is 0 Å². The highest BCUT2D eigenvalue weighted by Gasteiger charge is 1.98. The molecule has 0 saturated carbocycles. The topological polar surface area (TPSA) is 21.3 Å². The lowest BCUT2D eigenvalue weighted by molar-refractivity contribution is 0.242. The van der Waals surface area contributed by atoms with E-state index < -0.39 is 0 Å². The van der Waals surface area contributed by atoms with E-state index in [1.54, 1.807) is 0 Å². The van der Waals surface area contributed by atoms with Crippen LogP contribution in [0.3, 0.4) is 0 Å². The Hall–Kier alpha value is -1.46. The third kappa shape index (κ3) is 4.86. The van der Waals surface area contributed by atoms with Gasteiger partial charge in [-0.3, -0.25) is 0 Å².